The van der Waals surface area contributed by atoms with Gasteiger partial charge >= 0.3 is 18.2 Å². The van der Waals surface area contributed by atoms with Crippen LogP contribution in [0.1, 0.15) is 30.5 Å². The van der Waals surface area contributed by atoms with E-state index in [-0.39, 0.29) is 16.3 Å². The molecule has 0 unspecified atom stereocenters. The zero-order valence-electron chi connectivity index (χ0n) is 17.8. The van der Waals surface area contributed by atoms with Crippen LogP contribution in [0.4, 0.5) is 18.0 Å². The number of carbonyl (C=O) groups is 2. The van der Waals surface area contributed by atoms with Gasteiger partial charge in [-0.1, -0.05) is 41.0 Å². The molecule has 0 aliphatic carbocycles. The molecule has 0 N–H and O–H groups in total. The van der Waals surface area contributed by atoms with Crippen molar-refractivity contribution in [3.8, 4) is 5.75 Å². The first-order chi connectivity index (χ1) is 15.5. The maximum absolute atomic E-state index is 13.1. The number of esters is 1. The van der Waals surface area contributed by atoms with Gasteiger partial charge in [0.15, 0.2) is 5.75 Å². The molecular weight excluding hydrogens is 469 g/mol. The highest BCUT2D eigenvalue weighted by atomic mass is 35.5. The van der Waals surface area contributed by atoms with Crippen molar-refractivity contribution in [2.45, 2.75) is 26.6 Å². The fourth-order valence-corrected chi connectivity index (χ4v) is 2.61. The molecule has 0 saturated carbocycles. The molecule has 0 radical (unpaired) electrons. The second-order valence-corrected chi connectivity index (χ2v) is 6.86. The summed E-state index contributed by atoms with van der Waals surface area (Å²) in [6.07, 6.45) is -5.46. The molecule has 0 aromatic heterocycles. The third-order valence-corrected chi connectivity index (χ3v) is 4.38. The number of hydrogen-bond acceptors (Lipinski definition) is 7. The molecule has 0 aliphatic heterocycles. The summed E-state index contributed by atoms with van der Waals surface area (Å²) in [4.78, 5) is 33.4. The number of carbonyl (C=O) groups excluding carboxylic acids is 2. The maximum Gasteiger partial charge on any atom is 0.446 e. The summed E-state index contributed by atoms with van der Waals surface area (Å²) < 4.78 is 48.6. The number of halogens is 4. The lowest BCUT2D eigenvalue weighted by Crippen LogP contribution is -2.36. The zero-order chi connectivity index (χ0) is 24.6. The van der Waals surface area contributed by atoms with Gasteiger partial charge in [0.25, 0.3) is 0 Å². The minimum absolute atomic E-state index is 0.00341. The summed E-state index contributed by atoms with van der Waals surface area (Å²) >= 11 is 6.11. The molecule has 0 heterocycles. The Kier molecular flexibility index (Phi) is 8.92. The quantitative estimate of drug-likeness (QED) is 0.220. The van der Waals surface area contributed by atoms with Crippen LogP contribution in [0.25, 0.3) is 0 Å². The Morgan fingerprint density at radius 3 is 2.45 bits per heavy atom. The van der Waals surface area contributed by atoms with Crippen LogP contribution in [0.3, 0.4) is 0 Å². The van der Waals surface area contributed by atoms with Crippen molar-refractivity contribution in [1.82, 2.24) is 5.06 Å². The van der Waals surface area contributed by atoms with E-state index in [9.17, 15) is 22.8 Å². The minimum Gasteiger partial charge on any atom is -0.451 e. The van der Waals surface area contributed by atoms with Gasteiger partial charge < -0.3 is 19.1 Å². The average molecular weight is 489 g/mol. The van der Waals surface area contributed by atoms with Crippen LogP contribution in [0.2, 0.25) is 5.02 Å². The number of methoxy groups -OCH3 is 1. The molecule has 33 heavy (non-hydrogen) atoms. The molecule has 2 rings (SSSR count). The SMILES string of the molecule is COC(=O)N(COC(C)=O)Oc1cc(/C(C)=N/OCc2ccccc2C(F)(F)F)ccc1Cl. The molecule has 8 nitrogen and oxygen atoms in total. The van der Waals surface area contributed by atoms with Crippen LogP contribution in [-0.2, 0) is 31.9 Å². The van der Waals surface area contributed by atoms with Crippen LogP contribution in [0.5, 0.6) is 5.75 Å². The van der Waals surface area contributed by atoms with Crippen molar-refractivity contribution in [2.24, 2.45) is 5.16 Å². The number of oxime groups is 1. The highest BCUT2D eigenvalue weighted by molar-refractivity contribution is 6.32. The number of hydrogen-bond donors (Lipinski definition) is 0. The minimum atomic E-state index is -4.52. The van der Waals surface area contributed by atoms with E-state index < -0.39 is 37.1 Å². The number of hydroxylamine groups is 2. The molecule has 0 atom stereocenters. The first-order valence-corrected chi connectivity index (χ1v) is 9.69. The maximum atomic E-state index is 13.1. The average Bonchev–Trinajstić information content (AvgIpc) is 2.76. The van der Waals surface area contributed by atoms with Crippen molar-refractivity contribution >= 4 is 29.4 Å². The molecule has 0 bridgehead atoms. The predicted octanol–water partition coefficient (Wildman–Crippen LogP) is 5.18. The second kappa shape index (κ2) is 11.4. The Balaban J connectivity index is 2.16. The first-order valence-electron chi connectivity index (χ1n) is 9.31. The monoisotopic (exact) mass is 488 g/mol. The van der Waals surface area contributed by atoms with E-state index in [4.69, 9.17) is 26.0 Å². The summed E-state index contributed by atoms with van der Waals surface area (Å²) in [7, 11) is 1.11. The van der Waals surface area contributed by atoms with Gasteiger partial charge in [-0.05, 0) is 25.1 Å². The highest BCUT2D eigenvalue weighted by Gasteiger charge is 2.33. The van der Waals surface area contributed by atoms with Gasteiger partial charge in [0, 0.05) is 18.1 Å². The Labute approximate surface area is 192 Å². The highest BCUT2D eigenvalue weighted by Crippen LogP contribution is 2.32. The van der Waals surface area contributed by atoms with E-state index in [1.54, 1.807) is 13.0 Å². The van der Waals surface area contributed by atoms with Gasteiger partial charge in [-0.2, -0.15) is 13.2 Å². The van der Waals surface area contributed by atoms with E-state index in [1.807, 2.05) is 0 Å². The summed E-state index contributed by atoms with van der Waals surface area (Å²) in [5, 5.41) is 4.59. The zero-order valence-corrected chi connectivity index (χ0v) is 18.6. The van der Waals surface area contributed by atoms with E-state index in [1.165, 1.54) is 30.3 Å². The smallest absolute Gasteiger partial charge is 0.446 e. The third-order valence-electron chi connectivity index (χ3n) is 4.07. The lowest BCUT2D eigenvalue weighted by atomic mass is 10.1. The largest absolute Gasteiger partial charge is 0.451 e. The van der Waals surface area contributed by atoms with Crippen LogP contribution in [-0.4, -0.2) is 36.7 Å². The van der Waals surface area contributed by atoms with Crippen LogP contribution >= 0.6 is 11.6 Å². The number of nitrogens with zero attached hydrogens (tertiary/aromatic N) is 2. The van der Waals surface area contributed by atoms with E-state index >= 15 is 0 Å². The number of benzene rings is 2. The van der Waals surface area contributed by atoms with E-state index in [0.29, 0.717) is 16.3 Å². The second-order valence-electron chi connectivity index (χ2n) is 6.46. The van der Waals surface area contributed by atoms with Crippen molar-refractivity contribution < 1.29 is 41.9 Å². The van der Waals surface area contributed by atoms with Crippen molar-refractivity contribution in [3.63, 3.8) is 0 Å². The lowest BCUT2D eigenvalue weighted by Gasteiger charge is -2.21. The molecule has 0 fully saturated rings. The number of rotatable bonds is 8. The molecule has 1 amide bonds. The van der Waals surface area contributed by atoms with Gasteiger partial charge in [-0.15, -0.1) is 5.06 Å². The molecule has 0 spiro atoms. The molecule has 0 saturated heterocycles. The van der Waals surface area contributed by atoms with Gasteiger partial charge in [0.1, 0.15) is 6.61 Å². The van der Waals surface area contributed by atoms with Crippen molar-refractivity contribution in [2.75, 3.05) is 13.8 Å². The van der Waals surface area contributed by atoms with Gasteiger partial charge in [-0.3, -0.25) is 4.79 Å². The van der Waals surface area contributed by atoms with Gasteiger partial charge in [0.05, 0.1) is 23.4 Å². The van der Waals surface area contributed by atoms with Crippen LogP contribution in [0.15, 0.2) is 47.6 Å². The third kappa shape index (κ3) is 7.56. The molecule has 178 valence electrons. The number of ether oxygens (including phenoxy) is 2. The standard InChI is InChI=1S/C21H20ClF3N2O6/c1-13(26-32-11-16-6-4-5-7-17(16)21(23,24)25)15-8-9-18(22)19(10-15)33-27(20(29)30-3)12-31-14(2)28/h4-10H,11-12H2,1-3H3/b26-13+. The number of amides is 1. The van der Waals surface area contributed by atoms with Gasteiger partial charge in [-0.25, -0.2) is 4.79 Å². The lowest BCUT2D eigenvalue weighted by molar-refractivity contribution is -0.159. The van der Waals surface area contributed by atoms with Crippen LogP contribution < -0.4 is 4.84 Å². The van der Waals surface area contributed by atoms with E-state index in [0.717, 1.165) is 20.1 Å². The Bertz CT molecular complexity index is 1030. The Morgan fingerprint density at radius 1 is 1.12 bits per heavy atom. The van der Waals surface area contributed by atoms with Crippen molar-refractivity contribution in [3.05, 3.63) is 64.2 Å². The van der Waals surface area contributed by atoms with Crippen molar-refractivity contribution in [1.29, 1.82) is 0 Å². The summed E-state index contributed by atoms with van der Waals surface area (Å²) in [6, 6.07) is 9.44. The fraction of sp³-hybridized carbons (Fsp3) is 0.286. The summed E-state index contributed by atoms with van der Waals surface area (Å²) in [5.74, 6) is -0.650. The topological polar surface area (TPSA) is 86.7 Å². The predicted molar refractivity (Wildman–Crippen MR) is 111 cm³/mol. The molecule has 0 aliphatic rings. The molecular formula is C21H20ClF3N2O6. The number of alkyl halides is 3. The first kappa shape index (κ1) is 25.8. The fourth-order valence-electron chi connectivity index (χ4n) is 2.46. The Hall–Kier alpha value is -3.47. The normalized spacial score (nSPS) is 11.5. The molecule has 12 heteroatoms. The summed E-state index contributed by atoms with van der Waals surface area (Å²) in [5.41, 5.74) is -0.141. The molecule has 2 aromatic carbocycles. The van der Waals surface area contributed by atoms with Gasteiger partial charge in [0.2, 0.25) is 6.73 Å². The van der Waals surface area contributed by atoms with Crippen LogP contribution in [0, 0.1) is 0 Å². The summed E-state index contributed by atoms with van der Waals surface area (Å²) in [6.45, 7) is 1.75. The van der Waals surface area contributed by atoms with E-state index in [2.05, 4.69) is 9.89 Å². The molecule has 2 aromatic rings. The Morgan fingerprint density at radius 2 is 1.82 bits per heavy atom.